The van der Waals surface area contributed by atoms with E-state index in [0.29, 0.717) is 5.02 Å². The van der Waals surface area contributed by atoms with Crippen molar-refractivity contribution in [1.82, 2.24) is 10.2 Å². The fourth-order valence-corrected chi connectivity index (χ4v) is 6.26. The van der Waals surface area contributed by atoms with Crippen LogP contribution in [-0.4, -0.2) is 43.8 Å². The van der Waals surface area contributed by atoms with Crippen LogP contribution in [-0.2, 0) is 26.2 Å². The highest BCUT2D eigenvalue weighted by Crippen LogP contribution is 2.33. The molecule has 11 heteroatoms. The molecule has 0 saturated carbocycles. The summed E-state index contributed by atoms with van der Waals surface area (Å²) in [4.78, 5) is 28.4. The predicted octanol–water partition coefficient (Wildman–Crippen LogP) is 6.28. The van der Waals surface area contributed by atoms with Crippen LogP contribution in [0.5, 0.6) is 0 Å². The molecule has 208 valence electrons. The Morgan fingerprint density at radius 2 is 1.67 bits per heavy atom. The Hall–Kier alpha value is -2.59. The lowest BCUT2D eigenvalue weighted by Gasteiger charge is -2.32. The zero-order valence-electron chi connectivity index (χ0n) is 21.8. The highest BCUT2D eigenvalue weighted by molar-refractivity contribution is 9.10. The molecule has 0 aliphatic heterocycles. The van der Waals surface area contributed by atoms with E-state index in [2.05, 4.69) is 21.2 Å². The standard InChI is InChI=1S/C28H30BrCl2N3O4S/c1-4-19(2)32-28(36)20(3)33(17-21-9-8-10-22(29)15-21)27(35)18-34(26-14-13-23(30)16-25(26)31)39(37,38)24-11-6-5-7-12-24/h5-16,19-20H,4,17-18H2,1-3H3,(H,32,36)/t19-,20+/m0/s1. The van der Waals surface area contributed by atoms with Crippen molar-refractivity contribution in [3.05, 3.63) is 92.9 Å². The number of halogens is 3. The smallest absolute Gasteiger partial charge is 0.264 e. The molecule has 39 heavy (non-hydrogen) atoms. The lowest BCUT2D eigenvalue weighted by Crippen LogP contribution is -2.52. The molecule has 0 bridgehead atoms. The molecular weight excluding hydrogens is 625 g/mol. The number of nitrogens with zero attached hydrogens (tertiary/aromatic N) is 2. The van der Waals surface area contributed by atoms with Gasteiger partial charge >= 0.3 is 0 Å². The summed E-state index contributed by atoms with van der Waals surface area (Å²) >= 11 is 15.9. The zero-order chi connectivity index (χ0) is 28.7. The SMILES string of the molecule is CC[C@H](C)NC(=O)[C@@H](C)N(Cc1cccc(Br)c1)C(=O)CN(c1ccc(Cl)cc1Cl)S(=O)(=O)c1ccccc1. The quantitative estimate of drug-likeness (QED) is 0.264. The third-order valence-corrected chi connectivity index (χ3v) is 9.00. The van der Waals surface area contributed by atoms with Gasteiger partial charge in [0.05, 0.1) is 15.6 Å². The van der Waals surface area contributed by atoms with Gasteiger partial charge in [0.1, 0.15) is 12.6 Å². The average Bonchev–Trinajstić information content (AvgIpc) is 2.90. The van der Waals surface area contributed by atoms with E-state index in [1.165, 1.54) is 35.2 Å². The van der Waals surface area contributed by atoms with Gasteiger partial charge in [-0.3, -0.25) is 13.9 Å². The van der Waals surface area contributed by atoms with Crippen molar-refractivity contribution in [2.24, 2.45) is 0 Å². The second-order valence-corrected chi connectivity index (χ2v) is 12.7. The average molecular weight is 655 g/mol. The fraction of sp³-hybridized carbons (Fsp3) is 0.286. The molecule has 3 aromatic carbocycles. The van der Waals surface area contributed by atoms with Crippen molar-refractivity contribution < 1.29 is 18.0 Å². The summed E-state index contributed by atoms with van der Waals surface area (Å²) in [6, 6.07) is 18.5. The van der Waals surface area contributed by atoms with Crippen LogP contribution in [0, 0.1) is 0 Å². The summed E-state index contributed by atoms with van der Waals surface area (Å²) in [7, 11) is -4.22. The summed E-state index contributed by atoms with van der Waals surface area (Å²) in [6.45, 7) is 4.94. The Balaban J connectivity index is 2.05. The van der Waals surface area contributed by atoms with Crippen molar-refractivity contribution in [2.75, 3.05) is 10.8 Å². The number of anilines is 1. The van der Waals surface area contributed by atoms with Crippen LogP contribution in [0.2, 0.25) is 10.0 Å². The van der Waals surface area contributed by atoms with Gasteiger partial charge in [0, 0.05) is 22.1 Å². The number of carbonyl (C=O) groups is 2. The Labute approximate surface area is 248 Å². The summed E-state index contributed by atoms with van der Waals surface area (Å²) in [5, 5.41) is 3.29. The van der Waals surface area contributed by atoms with Gasteiger partial charge in [-0.2, -0.15) is 0 Å². The molecule has 0 fully saturated rings. The Morgan fingerprint density at radius 3 is 2.28 bits per heavy atom. The minimum atomic E-state index is -4.22. The van der Waals surface area contributed by atoms with E-state index in [-0.39, 0.29) is 34.1 Å². The Bertz CT molecular complexity index is 1420. The second kappa shape index (κ2) is 13.7. The van der Waals surface area contributed by atoms with Crippen LogP contribution < -0.4 is 9.62 Å². The number of hydrogen-bond acceptors (Lipinski definition) is 4. The van der Waals surface area contributed by atoms with Crippen molar-refractivity contribution in [2.45, 2.75) is 50.7 Å². The molecule has 0 spiro atoms. The first-order valence-electron chi connectivity index (χ1n) is 12.3. The summed E-state index contributed by atoms with van der Waals surface area (Å²) in [5.74, 6) is -0.915. The number of carbonyl (C=O) groups excluding carboxylic acids is 2. The molecule has 0 aromatic heterocycles. The van der Waals surface area contributed by atoms with Crippen LogP contribution in [0.4, 0.5) is 5.69 Å². The van der Waals surface area contributed by atoms with Gasteiger partial charge in [-0.25, -0.2) is 8.42 Å². The molecule has 0 radical (unpaired) electrons. The summed E-state index contributed by atoms with van der Waals surface area (Å²) in [5.41, 5.74) is 0.861. The molecule has 0 unspecified atom stereocenters. The molecule has 2 atom stereocenters. The summed E-state index contributed by atoms with van der Waals surface area (Å²) in [6.07, 6.45) is 0.718. The molecule has 1 N–H and O–H groups in total. The van der Waals surface area contributed by atoms with E-state index < -0.39 is 28.5 Å². The number of rotatable bonds is 11. The highest BCUT2D eigenvalue weighted by Gasteiger charge is 2.33. The van der Waals surface area contributed by atoms with Crippen molar-refractivity contribution >= 4 is 66.7 Å². The first kappa shape index (κ1) is 30.9. The van der Waals surface area contributed by atoms with E-state index >= 15 is 0 Å². The predicted molar refractivity (Wildman–Crippen MR) is 159 cm³/mol. The molecule has 0 heterocycles. The number of sulfonamides is 1. The van der Waals surface area contributed by atoms with Crippen molar-refractivity contribution in [3.8, 4) is 0 Å². The molecule has 3 aromatic rings. The topological polar surface area (TPSA) is 86.8 Å². The van der Waals surface area contributed by atoms with E-state index in [0.717, 1.165) is 20.8 Å². The summed E-state index contributed by atoms with van der Waals surface area (Å²) < 4.78 is 29.4. The molecular formula is C28H30BrCl2N3O4S. The monoisotopic (exact) mass is 653 g/mol. The Kier molecular flexibility index (Phi) is 10.8. The Morgan fingerprint density at radius 1 is 0.974 bits per heavy atom. The number of benzene rings is 3. The van der Waals surface area contributed by atoms with Gasteiger partial charge in [-0.05, 0) is 68.3 Å². The largest absolute Gasteiger partial charge is 0.352 e. The zero-order valence-corrected chi connectivity index (χ0v) is 25.7. The van der Waals surface area contributed by atoms with Crippen molar-refractivity contribution in [1.29, 1.82) is 0 Å². The lowest BCUT2D eigenvalue weighted by atomic mass is 10.1. The maximum atomic E-state index is 13.9. The molecule has 0 aliphatic carbocycles. The third-order valence-electron chi connectivity index (χ3n) is 6.20. The molecule has 0 saturated heterocycles. The van der Waals surface area contributed by atoms with Crippen LogP contribution in [0.25, 0.3) is 0 Å². The van der Waals surface area contributed by atoms with Crippen molar-refractivity contribution in [3.63, 3.8) is 0 Å². The van der Waals surface area contributed by atoms with E-state index in [4.69, 9.17) is 23.2 Å². The van der Waals surface area contributed by atoms with Gasteiger partial charge in [0.2, 0.25) is 11.8 Å². The second-order valence-electron chi connectivity index (χ2n) is 9.07. The molecule has 0 aliphatic rings. The van der Waals surface area contributed by atoms with E-state index in [9.17, 15) is 18.0 Å². The first-order chi connectivity index (χ1) is 18.4. The fourth-order valence-electron chi connectivity index (χ4n) is 3.80. The van der Waals surface area contributed by atoms with Gasteiger partial charge in [0.15, 0.2) is 0 Å². The maximum absolute atomic E-state index is 13.9. The molecule has 2 amide bonds. The highest BCUT2D eigenvalue weighted by atomic mass is 79.9. The van der Waals surface area contributed by atoms with Crippen LogP contribution in [0.3, 0.4) is 0 Å². The van der Waals surface area contributed by atoms with Crippen LogP contribution in [0.1, 0.15) is 32.8 Å². The number of hydrogen-bond donors (Lipinski definition) is 1. The minimum Gasteiger partial charge on any atom is -0.352 e. The van der Waals surface area contributed by atoms with Gasteiger partial charge in [-0.1, -0.05) is 76.4 Å². The minimum absolute atomic E-state index is 0.00933. The molecule has 3 rings (SSSR count). The van der Waals surface area contributed by atoms with E-state index in [1.54, 1.807) is 25.1 Å². The maximum Gasteiger partial charge on any atom is 0.264 e. The van der Waals surface area contributed by atoms with Crippen LogP contribution >= 0.6 is 39.1 Å². The normalized spacial score (nSPS) is 12.9. The number of nitrogens with one attached hydrogen (secondary N) is 1. The first-order valence-corrected chi connectivity index (χ1v) is 15.3. The lowest BCUT2D eigenvalue weighted by molar-refractivity contribution is -0.139. The number of amides is 2. The van der Waals surface area contributed by atoms with Crippen LogP contribution in [0.15, 0.2) is 82.2 Å². The van der Waals surface area contributed by atoms with E-state index in [1.807, 2.05) is 38.1 Å². The third kappa shape index (κ3) is 7.97. The van der Waals surface area contributed by atoms with Gasteiger partial charge in [0.25, 0.3) is 10.0 Å². The van der Waals surface area contributed by atoms with Gasteiger partial charge in [-0.15, -0.1) is 0 Å². The van der Waals surface area contributed by atoms with Gasteiger partial charge < -0.3 is 10.2 Å². The molecule has 7 nitrogen and oxygen atoms in total.